The molecule has 2 N–H and O–H groups in total. The Morgan fingerprint density at radius 3 is 2.83 bits per heavy atom. The predicted molar refractivity (Wildman–Crippen MR) is 70.5 cm³/mol. The van der Waals surface area contributed by atoms with Gasteiger partial charge in [-0.05, 0) is 25.1 Å². The third-order valence-electron chi connectivity index (χ3n) is 2.51. The summed E-state index contributed by atoms with van der Waals surface area (Å²) < 4.78 is 13.2. The number of hydrogen-bond acceptors (Lipinski definition) is 4. The van der Waals surface area contributed by atoms with Crippen LogP contribution in [0.4, 0.5) is 21.6 Å². The Labute approximate surface area is 109 Å². The molecule has 1 aromatic carbocycles. The van der Waals surface area contributed by atoms with Gasteiger partial charge in [-0.3, -0.25) is 0 Å². The molecule has 0 saturated heterocycles. The molecule has 0 unspecified atom stereocenters. The van der Waals surface area contributed by atoms with E-state index in [-0.39, 0.29) is 16.7 Å². The van der Waals surface area contributed by atoms with Crippen molar-refractivity contribution in [3.63, 3.8) is 0 Å². The van der Waals surface area contributed by atoms with Crippen LogP contribution in [0, 0.1) is 5.82 Å². The molecular formula is C12H12ClFN4. The summed E-state index contributed by atoms with van der Waals surface area (Å²) in [6.45, 7) is 2.50. The van der Waals surface area contributed by atoms with E-state index in [4.69, 9.17) is 17.3 Å². The van der Waals surface area contributed by atoms with E-state index >= 15 is 0 Å². The Kier molecular flexibility index (Phi) is 3.62. The molecule has 4 nitrogen and oxygen atoms in total. The van der Waals surface area contributed by atoms with Crippen molar-refractivity contribution < 1.29 is 4.39 Å². The fraction of sp³-hybridized carbons (Fsp3) is 0.167. The number of nitrogens with zero attached hydrogens (tertiary/aromatic N) is 3. The Bertz CT molecular complexity index is 562. The molecule has 0 aliphatic heterocycles. The van der Waals surface area contributed by atoms with Crippen LogP contribution in [0.1, 0.15) is 6.92 Å². The molecule has 1 heterocycles. The van der Waals surface area contributed by atoms with Gasteiger partial charge in [0.2, 0.25) is 0 Å². The molecule has 94 valence electrons. The van der Waals surface area contributed by atoms with Gasteiger partial charge in [-0.15, -0.1) is 0 Å². The number of rotatable bonds is 3. The van der Waals surface area contributed by atoms with Crippen molar-refractivity contribution in [2.45, 2.75) is 6.92 Å². The molecule has 1 aromatic heterocycles. The highest BCUT2D eigenvalue weighted by atomic mass is 35.5. The third-order valence-corrected chi connectivity index (χ3v) is 2.81. The van der Waals surface area contributed by atoms with Gasteiger partial charge in [-0.1, -0.05) is 17.7 Å². The first kappa shape index (κ1) is 12.6. The zero-order valence-electron chi connectivity index (χ0n) is 9.77. The SMILES string of the molecule is CCN(c1cccc(F)c1)c1ncnc(Cl)c1N. The maximum absolute atomic E-state index is 13.2. The summed E-state index contributed by atoms with van der Waals surface area (Å²) in [6.07, 6.45) is 1.33. The lowest BCUT2D eigenvalue weighted by atomic mass is 10.2. The minimum Gasteiger partial charge on any atom is -0.393 e. The second kappa shape index (κ2) is 5.18. The van der Waals surface area contributed by atoms with Crippen molar-refractivity contribution in [1.82, 2.24) is 9.97 Å². The molecule has 6 heteroatoms. The highest BCUT2D eigenvalue weighted by molar-refractivity contribution is 6.32. The Hall–Kier alpha value is -1.88. The normalized spacial score (nSPS) is 10.4. The first-order valence-electron chi connectivity index (χ1n) is 5.42. The lowest BCUT2D eigenvalue weighted by molar-refractivity contribution is 0.627. The van der Waals surface area contributed by atoms with Gasteiger partial charge in [0.05, 0.1) is 0 Å². The third kappa shape index (κ3) is 2.36. The first-order valence-corrected chi connectivity index (χ1v) is 5.80. The second-order valence-electron chi connectivity index (χ2n) is 3.63. The number of halogens is 2. The lowest BCUT2D eigenvalue weighted by Gasteiger charge is -2.23. The highest BCUT2D eigenvalue weighted by Gasteiger charge is 2.14. The van der Waals surface area contributed by atoms with Crippen molar-refractivity contribution in [3.05, 3.63) is 41.6 Å². The summed E-state index contributed by atoms with van der Waals surface area (Å²) in [7, 11) is 0. The van der Waals surface area contributed by atoms with E-state index in [0.29, 0.717) is 18.1 Å². The summed E-state index contributed by atoms with van der Waals surface area (Å²) in [6, 6.07) is 6.21. The van der Waals surface area contributed by atoms with Crippen LogP contribution in [0.15, 0.2) is 30.6 Å². The quantitative estimate of drug-likeness (QED) is 0.868. The number of nitrogen functional groups attached to an aromatic ring is 1. The Morgan fingerprint density at radius 2 is 2.17 bits per heavy atom. The van der Waals surface area contributed by atoms with E-state index in [1.54, 1.807) is 17.0 Å². The molecule has 0 atom stereocenters. The number of aromatic nitrogens is 2. The molecule has 0 aliphatic carbocycles. The minimum atomic E-state index is -0.315. The molecule has 18 heavy (non-hydrogen) atoms. The van der Waals surface area contributed by atoms with Gasteiger partial charge >= 0.3 is 0 Å². The molecule has 0 amide bonds. The summed E-state index contributed by atoms with van der Waals surface area (Å²) in [5.74, 6) is 0.160. The average Bonchev–Trinajstić information content (AvgIpc) is 2.35. The maximum atomic E-state index is 13.2. The van der Waals surface area contributed by atoms with E-state index < -0.39 is 0 Å². The van der Waals surface area contributed by atoms with Crippen LogP contribution in [0.3, 0.4) is 0 Å². The van der Waals surface area contributed by atoms with Crippen LogP contribution in [0.25, 0.3) is 0 Å². The van der Waals surface area contributed by atoms with E-state index in [9.17, 15) is 4.39 Å². The zero-order chi connectivity index (χ0) is 13.1. The van der Waals surface area contributed by atoms with Gasteiger partial charge in [0, 0.05) is 12.2 Å². The van der Waals surface area contributed by atoms with Crippen molar-refractivity contribution in [3.8, 4) is 0 Å². The van der Waals surface area contributed by atoms with Crippen LogP contribution in [-0.4, -0.2) is 16.5 Å². The smallest absolute Gasteiger partial charge is 0.161 e. The number of hydrogen-bond donors (Lipinski definition) is 1. The molecule has 2 aromatic rings. The molecule has 0 radical (unpaired) electrons. The van der Waals surface area contributed by atoms with Gasteiger partial charge in [0.1, 0.15) is 17.8 Å². The van der Waals surface area contributed by atoms with Gasteiger partial charge in [0.25, 0.3) is 0 Å². The summed E-state index contributed by atoms with van der Waals surface area (Å²) >= 11 is 5.86. The maximum Gasteiger partial charge on any atom is 0.161 e. The minimum absolute atomic E-state index is 0.190. The van der Waals surface area contributed by atoms with Crippen molar-refractivity contribution >= 4 is 28.8 Å². The van der Waals surface area contributed by atoms with Gasteiger partial charge in [0.15, 0.2) is 11.0 Å². The monoisotopic (exact) mass is 266 g/mol. The average molecular weight is 267 g/mol. The number of benzene rings is 1. The van der Waals surface area contributed by atoms with E-state index in [0.717, 1.165) is 0 Å². The fourth-order valence-electron chi connectivity index (χ4n) is 1.68. The molecule has 0 spiro atoms. The van der Waals surface area contributed by atoms with Gasteiger partial charge < -0.3 is 10.6 Å². The predicted octanol–water partition coefficient (Wildman–Crippen LogP) is 3.01. The standard InChI is InChI=1S/C12H12ClFN4/c1-2-18(9-5-3-4-8(14)6-9)12-10(15)11(13)16-7-17-12/h3-7H,2,15H2,1H3. The molecule has 2 rings (SSSR count). The van der Waals surface area contributed by atoms with E-state index in [1.807, 2.05) is 6.92 Å². The van der Waals surface area contributed by atoms with Crippen molar-refractivity contribution in [2.75, 3.05) is 17.2 Å². The topological polar surface area (TPSA) is 55.0 Å². The van der Waals surface area contributed by atoms with Crippen molar-refractivity contribution in [1.29, 1.82) is 0 Å². The Balaban J connectivity index is 2.49. The van der Waals surface area contributed by atoms with Crippen LogP contribution < -0.4 is 10.6 Å². The molecule has 0 bridgehead atoms. The van der Waals surface area contributed by atoms with Crippen LogP contribution in [0.2, 0.25) is 5.15 Å². The lowest BCUT2D eigenvalue weighted by Crippen LogP contribution is -2.19. The molecule has 0 fully saturated rings. The molecule has 0 saturated carbocycles. The fourth-order valence-corrected chi connectivity index (χ4v) is 1.81. The molecule has 0 aliphatic rings. The summed E-state index contributed by atoms with van der Waals surface area (Å²) in [5, 5.41) is 0.190. The van der Waals surface area contributed by atoms with Crippen LogP contribution >= 0.6 is 11.6 Å². The zero-order valence-corrected chi connectivity index (χ0v) is 10.5. The van der Waals surface area contributed by atoms with Gasteiger partial charge in [-0.2, -0.15) is 0 Å². The summed E-state index contributed by atoms with van der Waals surface area (Å²) in [5.41, 5.74) is 6.79. The Morgan fingerprint density at radius 1 is 1.39 bits per heavy atom. The van der Waals surface area contributed by atoms with Crippen LogP contribution in [0.5, 0.6) is 0 Å². The summed E-state index contributed by atoms with van der Waals surface area (Å²) in [4.78, 5) is 9.66. The first-order chi connectivity index (χ1) is 8.63. The van der Waals surface area contributed by atoms with Gasteiger partial charge in [-0.25, -0.2) is 14.4 Å². The highest BCUT2D eigenvalue weighted by Crippen LogP contribution is 2.31. The number of nitrogens with two attached hydrogens (primary N) is 1. The second-order valence-corrected chi connectivity index (χ2v) is 3.98. The van der Waals surface area contributed by atoms with E-state index in [2.05, 4.69) is 9.97 Å². The molecular weight excluding hydrogens is 255 g/mol. The van der Waals surface area contributed by atoms with Crippen LogP contribution in [-0.2, 0) is 0 Å². The largest absolute Gasteiger partial charge is 0.393 e. The van der Waals surface area contributed by atoms with E-state index in [1.165, 1.54) is 18.5 Å². The van der Waals surface area contributed by atoms with Crippen molar-refractivity contribution in [2.24, 2.45) is 0 Å². The number of anilines is 3.